The zero-order valence-corrected chi connectivity index (χ0v) is 11.0. The van der Waals surface area contributed by atoms with Crippen LogP contribution in [0.5, 0.6) is 0 Å². The molecule has 4 heteroatoms. The van der Waals surface area contributed by atoms with Gasteiger partial charge in [-0.1, -0.05) is 35.9 Å². The lowest BCUT2D eigenvalue weighted by Gasteiger charge is -2.13. The summed E-state index contributed by atoms with van der Waals surface area (Å²) in [5.74, 6) is -0.177. The van der Waals surface area contributed by atoms with Crippen LogP contribution in [-0.4, -0.2) is 10.9 Å². The molecule has 1 amide bonds. The highest BCUT2D eigenvalue weighted by Gasteiger charge is 2.24. The van der Waals surface area contributed by atoms with Crippen molar-refractivity contribution in [2.75, 3.05) is 0 Å². The first kappa shape index (κ1) is 12.2. The van der Waals surface area contributed by atoms with Gasteiger partial charge in [0.05, 0.1) is 6.04 Å². The van der Waals surface area contributed by atoms with Gasteiger partial charge in [0.15, 0.2) is 0 Å². The quantitative estimate of drug-likeness (QED) is 0.912. The van der Waals surface area contributed by atoms with E-state index < -0.39 is 0 Å². The topological polar surface area (TPSA) is 42.0 Å². The molecule has 0 bridgehead atoms. The fraction of sp³-hybridized carbons (Fsp3) is 0.200. The summed E-state index contributed by atoms with van der Waals surface area (Å²) in [5, 5.41) is 3.54. The molecule has 0 spiro atoms. The molecule has 1 aliphatic carbocycles. The molecular formula is C15H13ClN2O. The van der Waals surface area contributed by atoms with E-state index in [1.165, 1.54) is 11.1 Å². The standard InChI is InChI=1S/C15H13ClN2O/c16-11-7-8-17-14(9-11)15(19)18-13-6-5-10-3-1-2-4-12(10)13/h1-4,7-9,13H,5-6H2,(H,18,19)/t13-/m1/s1. The van der Waals surface area contributed by atoms with E-state index in [2.05, 4.69) is 22.4 Å². The molecule has 3 rings (SSSR count). The highest BCUT2D eigenvalue weighted by atomic mass is 35.5. The molecule has 0 saturated carbocycles. The lowest BCUT2D eigenvalue weighted by Crippen LogP contribution is -2.27. The number of aromatic nitrogens is 1. The second-order valence-electron chi connectivity index (χ2n) is 4.62. The first-order valence-electron chi connectivity index (χ1n) is 6.24. The van der Waals surface area contributed by atoms with E-state index >= 15 is 0 Å². The normalized spacial score (nSPS) is 17.0. The summed E-state index contributed by atoms with van der Waals surface area (Å²) in [6.45, 7) is 0. The number of fused-ring (bicyclic) bond motifs is 1. The van der Waals surface area contributed by atoms with Gasteiger partial charge in [-0.2, -0.15) is 0 Å². The van der Waals surface area contributed by atoms with Crippen LogP contribution >= 0.6 is 11.6 Å². The number of rotatable bonds is 2. The van der Waals surface area contributed by atoms with Crippen molar-refractivity contribution in [1.82, 2.24) is 10.3 Å². The van der Waals surface area contributed by atoms with Crippen molar-refractivity contribution in [3.05, 3.63) is 64.4 Å². The van der Waals surface area contributed by atoms with E-state index in [4.69, 9.17) is 11.6 Å². The van der Waals surface area contributed by atoms with E-state index in [-0.39, 0.29) is 11.9 Å². The van der Waals surface area contributed by atoms with Gasteiger partial charge in [-0.3, -0.25) is 9.78 Å². The van der Waals surface area contributed by atoms with Gasteiger partial charge in [-0.25, -0.2) is 0 Å². The van der Waals surface area contributed by atoms with Crippen LogP contribution in [-0.2, 0) is 6.42 Å². The fourth-order valence-corrected chi connectivity index (χ4v) is 2.63. The minimum Gasteiger partial charge on any atom is -0.344 e. The zero-order chi connectivity index (χ0) is 13.2. The number of hydrogen-bond acceptors (Lipinski definition) is 2. The highest BCUT2D eigenvalue weighted by Crippen LogP contribution is 2.30. The van der Waals surface area contributed by atoms with Gasteiger partial charge in [0.25, 0.3) is 5.91 Å². The number of aryl methyl sites for hydroxylation is 1. The van der Waals surface area contributed by atoms with Gasteiger partial charge >= 0.3 is 0 Å². The number of hydrogen-bond donors (Lipinski definition) is 1. The van der Waals surface area contributed by atoms with Crippen molar-refractivity contribution in [2.45, 2.75) is 18.9 Å². The van der Waals surface area contributed by atoms with E-state index in [1.54, 1.807) is 18.3 Å². The zero-order valence-electron chi connectivity index (χ0n) is 10.3. The Hall–Kier alpha value is -1.87. The maximum Gasteiger partial charge on any atom is 0.270 e. The molecule has 1 N–H and O–H groups in total. The minimum atomic E-state index is -0.177. The number of halogens is 1. The number of carbonyl (C=O) groups is 1. The van der Waals surface area contributed by atoms with Crippen molar-refractivity contribution in [1.29, 1.82) is 0 Å². The second kappa shape index (κ2) is 5.02. The Bertz CT molecular complexity index is 627. The van der Waals surface area contributed by atoms with Crippen molar-refractivity contribution in [2.24, 2.45) is 0 Å². The Morgan fingerprint density at radius 1 is 1.32 bits per heavy atom. The molecule has 0 aliphatic heterocycles. The fourth-order valence-electron chi connectivity index (χ4n) is 2.47. The predicted molar refractivity (Wildman–Crippen MR) is 74.2 cm³/mol. The van der Waals surface area contributed by atoms with Crippen LogP contribution in [0, 0.1) is 0 Å². The van der Waals surface area contributed by atoms with Crippen LogP contribution in [0.3, 0.4) is 0 Å². The van der Waals surface area contributed by atoms with Gasteiger partial charge in [-0.15, -0.1) is 0 Å². The van der Waals surface area contributed by atoms with Gasteiger partial charge in [-0.05, 0) is 36.1 Å². The molecule has 0 saturated heterocycles. The number of nitrogens with zero attached hydrogens (tertiary/aromatic N) is 1. The van der Waals surface area contributed by atoms with Crippen LogP contribution in [0.15, 0.2) is 42.6 Å². The molecule has 2 aromatic rings. The molecule has 0 unspecified atom stereocenters. The number of amides is 1. The van der Waals surface area contributed by atoms with Crippen LogP contribution in [0.1, 0.15) is 34.1 Å². The maximum atomic E-state index is 12.1. The summed E-state index contributed by atoms with van der Waals surface area (Å²) in [6, 6.07) is 11.5. The van der Waals surface area contributed by atoms with Crippen molar-refractivity contribution in [3.8, 4) is 0 Å². The lowest BCUT2D eigenvalue weighted by molar-refractivity contribution is 0.0931. The van der Waals surface area contributed by atoms with E-state index in [1.807, 2.05) is 12.1 Å². The molecular weight excluding hydrogens is 260 g/mol. The molecule has 1 heterocycles. The molecule has 96 valence electrons. The van der Waals surface area contributed by atoms with E-state index in [9.17, 15) is 4.79 Å². The highest BCUT2D eigenvalue weighted by molar-refractivity contribution is 6.30. The average Bonchev–Trinajstić information content (AvgIpc) is 2.82. The first-order chi connectivity index (χ1) is 9.24. The summed E-state index contributed by atoms with van der Waals surface area (Å²) < 4.78 is 0. The van der Waals surface area contributed by atoms with Gasteiger partial charge in [0.1, 0.15) is 5.69 Å². The number of benzene rings is 1. The van der Waals surface area contributed by atoms with Crippen LogP contribution in [0.25, 0.3) is 0 Å². The average molecular weight is 273 g/mol. The lowest BCUT2D eigenvalue weighted by atomic mass is 10.1. The molecule has 0 radical (unpaired) electrons. The smallest absolute Gasteiger partial charge is 0.270 e. The van der Waals surface area contributed by atoms with Crippen LogP contribution in [0.2, 0.25) is 5.02 Å². The van der Waals surface area contributed by atoms with Gasteiger partial charge in [0.2, 0.25) is 0 Å². The Morgan fingerprint density at radius 2 is 2.16 bits per heavy atom. The number of nitrogens with one attached hydrogen (secondary N) is 1. The van der Waals surface area contributed by atoms with Gasteiger partial charge < -0.3 is 5.32 Å². The molecule has 1 aromatic carbocycles. The van der Waals surface area contributed by atoms with Crippen LogP contribution in [0.4, 0.5) is 0 Å². The first-order valence-corrected chi connectivity index (χ1v) is 6.62. The molecule has 1 aliphatic rings. The van der Waals surface area contributed by atoms with E-state index in [0.717, 1.165) is 12.8 Å². The Balaban J connectivity index is 1.78. The molecule has 3 nitrogen and oxygen atoms in total. The van der Waals surface area contributed by atoms with Gasteiger partial charge in [0, 0.05) is 11.2 Å². The monoisotopic (exact) mass is 272 g/mol. The third-order valence-corrected chi connectivity index (χ3v) is 3.63. The Labute approximate surface area is 116 Å². The number of carbonyl (C=O) groups excluding carboxylic acids is 1. The number of pyridine rings is 1. The minimum absolute atomic E-state index is 0.0736. The third kappa shape index (κ3) is 2.47. The Kier molecular flexibility index (Phi) is 3.22. The summed E-state index contributed by atoms with van der Waals surface area (Å²) in [5.41, 5.74) is 2.88. The summed E-state index contributed by atoms with van der Waals surface area (Å²) >= 11 is 5.87. The summed E-state index contributed by atoms with van der Waals surface area (Å²) in [7, 11) is 0. The summed E-state index contributed by atoms with van der Waals surface area (Å²) in [6.07, 6.45) is 3.48. The van der Waals surface area contributed by atoms with E-state index in [0.29, 0.717) is 10.7 Å². The van der Waals surface area contributed by atoms with Crippen molar-refractivity contribution >= 4 is 17.5 Å². The Morgan fingerprint density at radius 3 is 3.00 bits per heavy atom. The maximum absolute atomic E-state index is 12.1. The summed E-state index contributed by atoms with van der Waals surface area (Å²) in [4.78, 5) is 16.2. The van der Waals surface area contributed by atoms with Crippen molar-refractivity contribution < 1.29 is 4.79 Å². The van der Waals surface area contributed by atoms with Crippen LogP contribution < -0.4 is 5.32 Å². The molecule has 19 heavy (non-hydrogen) atoms. The largest absolute Gasteiger partial charge is 0.344 e. The molecule has 1 aromatic heterocycles. The SMILES string of the molecule is O=C(N[C@@H]1CCc2ccccc21)c1cc(Cl)ccn1. The second-order valence-corrected chi connectivity index (χ2v) is 5.06. The molecule has 1 atom stereocenters. The predicted octanol–water partition coefficient (Wildman–Crippen LogP) is 3.15. The molecule has 0 fully saturated rings. The van der Waals surface area contributed by atoms with Crippen molar-refractivity contribution in [3.63, 3.8) is 0 Å². The third-order valence-electron chi connectivity index (χ3n) is 3.39.